The average Bonchev–Trinajstić information content (AvgIpc) is 2.78. The van der Waals surface area contributed by atoms with Gasteiger partial charge in [-0.25, -0.2) is 4.98 Å². The van der Waals surface area contributed by atoms with Gasteiger partial charge in [0.25, 0.3) is 0 Å². The van der Waals surface area contributed by atoms with E-state index in [9.17, 15) is 5.11 Å². The van der Waals surface area contributed by atoms with Gasteiger partial charge in [-0.05, 0) is 68.0 Å². The smallest absolute Gasteiger partial charge is 0.227 e. The molecule has 0 bridgehead atoms. The lowest BCUT2D eigenvalue weighted by Crippen LogP contribution is -2.54. The Morgan fingerprint density at radius 2 is 1.91 bits per heavy atom. The molecule has 3 aromatic rings. The van der Waals surface area contributed by atoms with Crippen molar-refractivity contribution in [3.63, 3.8) is 0 Å². The molecule has 34 heavy (non-hydrogen) atoms. The Morgan fingerprint density at radius 1 is 1.09 bits per heavy atom. The molecule has 0 amide bonds. The van der Waals surface area contributed by atoms with Crippen molar-refractivity contribution in [3.05, 3.63) is 58.1 Å². The highest BCUT2D eigenvalue weighted by molar-refractivity contribution is 6.35. The molecular formula is C26H31Cl2N5O. The van der Waals surface area contributed by atoms with E-state index in [1.807, 2.05) is 36.4 Å². The minimum absolute atomic E-state index is 0.0418. The van der Waals surface area contributed by atoms with Crippen molar-refractivity contribution in [1.82, 2.24) is 14.9 Å². The van der Waals surface area contributed by atoms with E-state index in [1.54, 1.807) is 6.07 Å². The first kappa shape index (κ1) is 23.6. The first-order valence-corrected chi connectivity index (χ1v) is 12.8. The molecule has 3 heterocycles. The van der Waals surface area contributed by atoms with E-state index in [4.69, 9.17) is 33.2 Å². The number of rotatable bonds is 7. The van der Waals surface area contributed by atoms with Crippen LogP contribution in [0.2, 0.25) is 10.0 Å². The molecule has 1 aromatic heterocycles. The van der Waals surface area contributed by atoms with Gasteiger partial charge in [-0.1, -0.05) is 41.4 Å². The molecule has 2 saturated heterocycles. The van der Waals surface area contributed by atoms with E-state index < -0.39 is 0 Å². The number of β-amino-alcohol motifs (C(OH)–C–C–N with tert-alkyl or cyclic N) is 1. The second-order valence-electron chi connectivity index (χ2n) is 9.51. The maximum Gasteiger partial charge on any atom is 0.227 e. The van der Waals surface area contributed by atoms with Crippen LogP contribution in [0, 0.1) is 11.8 Å². The Labute approximate surface area is 210 Å². The van der Waals surface area contributed by atoms with Gasteiger partial charge in [0, 0.05) is 41.6 Å². The van der Waals surface area contributed by atoms with Gasteiger partial charge in [-0.15, -0.1) is 0 Å². The normalized spacial score (nSPS) is 20.4. The molecule has 5 rings (SSSR count). The minimum atomic E-state index is -0.0418. The molecule has 6 nitrogen and oxygen atoms in total. The van der Waals surface area contributed by atoms with Crippen LogP contribution in [0.1, 0.15) is 31.4 Å². The molecule has 0 aliphatic carbocycles. The molecular weight excluding hydrogens is 469 g/mol. The number of likely N-dealkylation sites (tertiary alicyclic amines) is 1. The number of aromatic nitrogens is 2. The maximum absolute atomic E-state index is 9.29. The van der Waals surface area contributed by atoms with Gasteiger partial charge >= 0.3 is 0 Å². The molecule has 2 N–H and O–H groups in total. The van der Waals surface area contributed by atoms with E-state index in [-0.39, 0.29) is 12.6 Å². The Morgan fingerprint density at radius 3 is 2.71 bits per heavy atom. The summed E-state index contributed by atoms with van der Waals surface area (Å²) in [5, 5.41) is 15.1. The highest BCUT2D eigenvalue weighted by Crippen LogP contribution is 2.35. The van der Waals surface area contributed by atoms with Crippen molar-refractivity contribution in [1.29, 1.82) is 0 Å². The monoisotopic (exact) mass is 499 g/mol. The van der Waals surface area contributed by atoms with Gasteiger partial charge in [0.1, 0.15) is 5.82 Å². The molecule has 2 fully saturated rings. The lowest BCUT2D eigenvalue weighted by atomic mass is 9.81. The molecule has 2 aliphatic heterocycles. The van der Waals surface area contributed by atoms with Crippen LogP contribution in [-0.2, 0) is 0 Å². The Kier molecular flexibility index (Phi) is 7.11. The van der Waals surface area contributed by atoms with E-state index in [0.29, 0.717) is 21.9 Å². The summed E-state index contributed by atoms with van der Waals surface area (Å²) < 4.78 is 0. The van der Waals surface area contributed by atoms with Crippen LogP contribution in [0.4, 0.5) is 11.8 Å². The van der Waals surface area contributed by atoms with Crippen molar-refractivity contribution in [2.24, 2.45) is 11.8 Å². The summed E-state index contributed by atoms with van der Waals surface area (Å²) in [5.41, 5.74) is 1.91. The third kappa shape index (κ3) is 4.96. The number of aliphatic hydroxyl groups is 1. The molecule has 180 valence electrons. The van der Waals surface area contributed by atoms with Crippen LogP contribution in [-0.4, -0.2) is 59.3 Å². The van der Waals surface area contributed by atoms with E-state index in [2.05, 4.69) is 22.0 Å². The molecule has 2 atom stereocenters. The number of nitrogens with zero attached hydrogens (tertiary/aromatic N) is 4. The second-order valence-corrected chi connectivity index (χ2v) is 10.4. The van der Waals surface area contributed by atoms with Crippen molar-refractivity contribution in [3.8, 4) is 0 Å². The first-order chi connectivity index (χ1) is 16.5. The Hall–Kier alpha value is -2.12. The van der Waals surface area contributed by atoms with Gasteiger partial charge in [0.2, 0.25) is 5.95 Å². The van der Waals surface area contributed by atoms with Crippen LogP contribution in [0.5, 0.6) is 0 Å². The topological polar surface area (TPSA) is 64.5 Å². The number of fused-ring (bicyclic) bond motifs is 1. The van der Waals surface area contributed by atoms with Gasteiger partial charge in [0.15, 0.2) is 0 Å². The van der Waals surface area contributed by atoms with E-state index >= 15 is 0 Å². The fourth-order valence-corrected chi connectivity index (χ4v) is 5.82. The fraction of sp³-hybridized carbons (Fsp3) is 0.462. The number of hydrogen-bond acceptors (Lipinski definition) is 6. The molecule has 8 heteroatoms. The number of hydrogen-bond donors (Lipinski definition) is 2. The van der Waals surface area contributed by atoms with Gasteiger partial charge in [-0.2, -0.15) is 4.98 Å². The first-order valence-electron chi connectivity index (χ1n) is 12.1. The van der Waals surface area contributed by atoms with Crippen molar-refractivity contribution < 1.29 is 5.11 Å². The van der Waals surface area contributed by atoms with Crippen molar-refractivity contribution in [2.75, 3.05) is 49.5 Å². The summed E-state index contributed by atoms with van der Waals surface area (Å²) in [5.74, 6) is 2.92. The summed E-state index contributed by atoms with van der Waals surface area (Å²) in [6.45, 7) is 7.25. The third-order valence-corrected chi connectivity index (χ3v) is 7.75. The van der Waals surface area contributed by atoms with Crippen LogP contribution < -0.4 is 10.2 Å². The molecule has 2 aromatic carbocycles. The largest absolute Gasteiger partial charge is 0.395 e. The number of halogens is 2. The van der Waals surface area contributed by atoms with Gasteiger partial charge in [-0.3, -0.25) is 0 Å². The van der Waals surface area contributed by atoms with Crippen LogP contribution in [0.25, 0.3) is 10.9 Å². The second kappa shape index (κ2) is 10.2. The predicted molar refractivity (Wildman–Crippen MR) is 140 cm³/mol. The Bertz CT molecular complexity index is 1150. The summed E-state index contributed by atoms with van der Waals surface area (Å²) in [6, 6.07) is 13.7. The number of anilines is 2. The zero-order valence-corrected chi connectivity index (χ0v) is 20.9. The summed E-state index contributed by atoms with van der Waals surface area (Å²) in [4.78, 5) is 14.5. The summed E-state index contributed by atoms with van der Waals surface area (Å²) in [7, 11) is 0. The lowest BCUT2D eigenvalue weighted by molar-refractivity contribution is 0.101. The number of para-hydroxylation sites is 1. The number of nitrogens with one attached hydrogen (secondary N) is 1. The zero-order valence-electron chi connectivity index (χ0n) is 19.4. The summed E-state index contributed by atoms with van der Waals surface area (Å²) in [6.07, 6.45) is 2.48. The highest BCUT2D eigenvalue weighted by atomic mass is 35.5. The predicted octanol–water partition coefficient (Wildman–Crippen LogP) is 5.25. The average molecular weight is 500 g/mol. The summed E-state index contributed by atoms with van der Waals surface area (Å²) >= 11 is 12.5. The van der Waals surface area contributed by atoms with E-state index in [1.165, 1.54) is 12.8 Å². The molecule has 0 saturated carbocycles. The van der Waals surface area contributed by atoms with Crippen LogP contribution in [0.15, 0.2) is 42.5 Å². The molecule has 0 spiro atoms. The van der Waals surface area contributed by atoms with Crippen LogP contribution in [0.3, 0.4) is 0 Å². The quantitative estimate of drug-likeness (QED) is 0.462. The van der Waals surface area contributed by atoms with Crippen LogP contribution >= 0.6 is 23.2 Å². The molecule has 0 unspecified atom stereocenters. The molecule has 2 aliphatic rings. The van der Waals surface area contributed by atoms with Crippen molar-refractivity contribution in [2.45, 2.75) is 25.8 Å². The number of benzene rings is 2. The number of piperidine rings is 1. The highest BCUT2D eigenvalue weighted by Gasteiger charge is 2.37. The standard InChI is InChI=1S/C26H31Cl2N5O/c1-17(21-9-8-20(27)13-23(21)28)29-25-22-6-2-3-7-24(22)30-26(31-25)33-15-19(16-33)18-5-4-10-32(14-18)11-12-34/h2-3,6-9,13,17-19,34H,4-5,10-12,14-16H2,1H3,(H,29,30,31)/t17-,18+/m1/s1. The van der Waals surface area contributed by atoms with Crippen molar-refractivity contribution >= 4 is 45.9 Å². The zero-order chi connectivity index (χ0) is 23.7. The lowest BCUT2D eigenvalue weighted by Gasteiger charge is -2.46. The van der Waals surface area contributed by atoms with Gasteiger partial charge in [0.05, 0.1) is 18.2 Å². The third-order valence-electron chi connectivity index (χ3n) is 7.19. The molecule has 0 radical (unpaired) electrons. The van der Waals surface area contributed by atoms with E-state index in [0.717, 1.165) is 61.0 Å². The van der Waals surface area contributed by atoms with Gasteiger partial charge < -0.3 is 20.2 Å². The SMILES string of the molecule is C[C@@H](Nc1nc(N2CC([C@H]3CCCN(CCO)C3)C2)nc2ccccc12)c1ccc(Cl)cc1Cl. The maximum atomic E-state index is 9.29. The minimum Gasteiger partial charge on any atom is -0.395 e. The fourth-order valence-electron chi connectivity index (χ4n) is 5.25. The Balaban J connectivity index is 1.33. The number of aliphatic hydroxyl groups excluding tert-OH is 1.